The van der Waals surface area contributed by atoms with Crippen molar-refractivity contribution in [2.45, 2.75) is 32.5 Å². The van der Waals surface area contributed by atoms with E-state index in [-0.39, 0.29) is 5.91 Å². The Labute approximate surface area is 166 Å². The molecule has 1 aliphatic heterocycles. The molecule has 3 aromatic rings. The molecule has 0 fully saturated rings. The topological polar surface area (TPSA) is 50.2 Å². The van der Waals surface area contributed by atoms with Gasteiger partial charge < -0.3 is 5.32 Å². The Kier molecular flexibility index (Phi) is 5.53. The first-order chi connectivity index (χ1) is 13.7. The van der Waals surface area contributed by atoms with Gasteiger partial charge in [0, 0.05) is 43.6 Å². The number of benzene rings is 2. The number of nitrogens with one attached hydrogen (secondary N) is 1. The van der Waals surface area contributed by atoms with Crippen molar-refractivity contribution < 1.29 is 4.79 Å². The molecule has 0 saturated heterocycles. The lowest BCUT2D eigenvalue weighted by molar-refractivity contribution is 0.0932. The molecule has 1 N–H and O–H groups in total. The molecular formula is C23H26N4O. The highest BCUT2D eigenvalue weighted by Gasteiger charge is 2.20. The molecule has 1 atom stereocenters. The Morgan fingerprint density at radius 3 is 2.64 bits per heavy atom. The summed E-state index contributed by atoms with van der Waals surface area (Å²) in [6.07, 6.45) is 4.77. The minimum atomic E-state index is -0.0186. The van der Waals surface area contributed by atoms with Crippen molar-refractivity contribution in [3.63, 3.8) is 0 Å². The number of fused-ring (bicyclic) bond motifs is 1. The fourth-order valence-corrected chi connectivity index (χ4v) is 3.71. The summed E-state index contributed by atoms with van der Waals surface area (Å²) in [6, 6.07) is 18.6. The van der Waals surface area contributed by atoms with Gasteiger partial charge in [-0.3, -0.25) is 14.4 Å². The van der Waals surface area contributed by atoms with Crippen LogP contribution in [0.1, 0.15) is 34.0 Å². The first-order valence-electron chi connectivity index (χ1n) is 9.84. The number of carbonyl (C=O) groups excluding carboxylic acids is 1. The molecule has 144 valence electrons. The van der Waals surface area contributed by atoms with Gasteiger partial charge in [0.25, 0.3) is 5.91 Å². The normalized spacial score (nSPS) is 15.0. The Balaban J connectivity index is 1.29. The molecule has 4 rings (SSSR count). The van der Waals surface area contributed by atoms with Gasteiger partial charge in [0.1, 0.15) is 0 Å². The highest BCUT2D eigenvalue weighted by molar-refractivity contribution is 5.94. The number of rotatable bonds is 6. The van der Waals surface area contributed by atoms with Gasteiger partial charge in [-0.2, -0.15) is 5.10 Å². The zero-order valence-corrected chi connectivity index (χ0v) is 16.2. The summed E-state index contributed by atoms with van der Waals surface area (Å²) in [4.78, 5) is 15.0. The third-order valence-electron chi connectivity index (χ3n) is 5.46. The number of amides is 1. The molecule has 0 aliphatic carbocycles. The first-order valence-corrected chi connectivity index (χ1v) is 9.84. The molecule has 5 nitrogen and oxygen atoms in total. The number of hydrogen-bond donors (Lipinski definition) is 1. The van der Waals surface area contributed by atoms with Gasteiger partial charge in [0.05, 0.1) is 6.54 Å². The van der Waals surface area contributed by atoms with Crippen LogP contribution in [0.25, 0.3) is 0 Å². The molecule has 0 radical (unpaired) electrons. The lowest BCUT2D eigenvalue weighted by Gasteiger charge is -2.33. The van der Waals surface area contributed by atoms with E-state index >= 15 is 0 Å². The van der Waals surface area contributed by atoms with E-state index in [9.17, 15) is 4.79 Å². The molecule has 1 aromatic heterocycles. The highest BCUT2D eigenvalue weighted by Crippen LogP contribution is 2.20. The van der Waals surface area contributed by atoms with Gasteiger partial charge in [-0.15, -0.1) is 0 Å². The summed E-state index contributed by atoms with van der Waals surface area (Å²) in [6.45, 7) is 5.53. The van der Waals surface area contributed by atoms with Gasteiger partial charge in [-0.1, -0.05) is 36.4 Å². The minimum absolute atomic E-state index is 0.0186. The van der Waals surface area contributed by atoms with Crippen LogP contribution >= 0.6 is 0 Å². The predicted molar refractivity (Wildman–Crippen MR) is 110 cm³/mol. The minimum Gasteiger partial charge on any atom is -0.350 e. The molecule has 1 aliphatic rings. The second-order valence-corrected chi connectivity index (χ2v) is 7.45. The van der Waals surface area contributed by atoms with Gasteiger partial charge in [0.2, 0.25) is 0 Å². The fourth-order valence-electron chi connectivity index (χ4n) is 3.71. The average molecular weight is 374 g/mol. The Morgan fingerprint density at radius 2 is 1.89 bits per heavy atom. The molecule has 5 heteroatoms. The second kappa shape index (κ2) is 8.40. The summed E-state index contributed by atoms with van der Waals surface area (Å²) in [5.41, 5.74) is 4.67. The molecule has 28 heavy (non-hydrogen) atoms. The highest BCUT2D eigenvalue weighted by atomic mass is 16.1. The zero-order valence-electron chi connectivity index (χ0n) is 16.2. The summed E-state index contributed by atoms with van der Waals surface area (Å²) in [5.74, 6) is -0.0186. The largest absolute Gasteiger partial charge is 0.350 e. The van der Waals surface area contributed by atoms with E-state index in [1.807, 2.05) is 41.2 Å². The monoisotopic (exact) mass is 374 g/mol. The molecule has 0 spiro atoms. The van der Waals surface area contributed by atoms with Gasteiger partial charge in [-0.25, -0.2) is 0 Å². The lowest BCUT2D eigenvalue weighted by atomic mass is 9.99. The van der Waals surface area contributed by atoms with Crippen molar-refractivity contribution in [2.24, 2.45) is 0 Å². The molecule has 1 amide bonds. The van der Waals surface area contributed by atoms with Crippen molar-refractivity contribution in [3.8, 4) is 0 Å². The first kappa shape index (κ1) is 18.4. The average Bonchev–Trinajstić information content (AvgIpc) is 3.25. The SMILES string of the molecule is CC(CNC(=O)c1ccc(Cn2cccn2)cc1)N1CCc2ccccc2C1. The number of aromatic nitrogens is 2. The van der Waals surface area contributed by atoms with E-state index < -0.39 is 0 Å². The molecule has 0 bridgehead atoms. The Hall–Kier alpha value is -2.92. The van der Waals surface area contributed by atoms with Crippen LogP contribution in [0.2, 0.25) is 0 Å². The van der Waals surface area contributed by atoms with E-state index in [0.717, 1.165) is 25.1 Å². The standard InChI is InChI=1S/C23H26N4O/c1-18(26-14-11-20-5-2-3-6-22(20)17-26)15-24-23(28)21-9-7-19(8-10-21)16-27-13-4-12-25-27/h2-10,12-13,18H,11,14-17H2,1H3,(H,24,28). The van der Waals surface area contributed by atoms with Crippen LogP contribution in [-0.2, 0) is 19.5 Å². The summed E-state index contributed by atoms with van der Waals surface area (Å²) < 4.78 is 1.87. The maximum Gasteiger partial charge on any atom is 0.251 e. The van der Waals surface area contributed by atoms with Gasteiger partial charge in [-0.05, 0) is 48.2 Å². The van der Waals surface area contributed by atoms with Crippen LogP contribution in [-0.4, -0.2) is 39.7 Å². The van der Waals surface area contributed by atoms with Crippen molar-refractivity contribution in [1.29, 1.82) is 0 Å². The molecule has 1 unspecified atom stereocenters. The van der Waals surface area contributed by atoms with Gasteiger partial charge >= 0.3 is 0 Å². The Morgan fingerprint density at radius 1 is 1.11 bits per heavy atom. The molecule has 2 aromatic carbocycles. The van der Waals surface area contributed by atoms with Crippen LogP contribution in [0.4, 0.5) is 0 Å². The maximum absolute atomic E-state index is 12.5. The molecule has 0 saturated carbocycles. The lowest BCUT2D eigenvalue weighted by Crippen LogP contribution is -2.44. The predicted octanol–water partition coefficient (Wildman–Crippen LogP) is 3.11. The second-order valence-electron chi connectivity index (χ2n) is 7.45. The van der Waals surface area contributed by atoms with Crippen LogP contribution < -0.4 is 5.32 Å². The number of hydrogen-bond acceptors (Lipinski definition) is 3. The van der Waals surface area contributed by atoms with Crippen LogP contribution in [0.15, 0.2) is 67.0 Å². The van der Waals surface area contributed by atoms with E-state index in [0.29, 0.717) is 24.7 Å². The summed E-state index contributed by atoms with van der Waals surface area (Å²) >= 11 is 0. The zero-order chi connectivity index (χ0) is 19.3. The summed E-state index contributed by atoms with van der Waals surface area (Å²) in [7, 11) is 0. The van der Waals surface area contributed by atoms with Crippen LogP contribution in [0.3, 0.4) is 0 Å². The number of nitrogens with zero attached hydrogens (tertiary/aromatic N) is 3. The molecular weight excluding hydrogens is 348 g/mol. The maximum atomic E-state index is 12.5. The third kappa shape index (κ3) is 4.31. The fraction of sp³-hybridized carbons (Fsp3) is 0.304. The van der Waals surface area contributed by atoms with E-state index in [4.69, 9.17) is 0 Å². The van der Waals surface area contributed by atoms with Crippen molar-refractivity contribution in [1.82, 2.24) is 20.0 Å². The van der Waals surface area contributed by atoms with Crippen molar-refractivity contribution in [3.05, 3.63) is 89.2 Å². The Bertz CT molecular complexity index is 918. The van der Waals surface area contributed by atoms with Gasteiger partial charge in [0.15, 0.2) is 0 Å². The van der Waals surface area contributed by atoms with E-state index in [2.05, 4.69) is 46.5 Å². The quantitative estimate of drug-likeness (QED) is 0.721. The summed E-state index contributed by atoms with van der Waals surface area (Å²) in [5, 5.41) is 7.30. The molecule has 2 heterocycles. The third-order valence-corrected chi connectivity index (χ3v) is 5.46. The van der Waals surface area contributed by atoms with Crippen LogP contribution in [0.5, 0.6) is 0 Å². The number of carbonyl (C=O) groups is 1. The van der Waals surface area contributed by atoms with Crippen LogP contribution in [0, 0.1) is 0 Å². The smallest absolute Gasteiger partial charge is 0.251 e. The van der Waals surface area contributed by atoms with E-state index in [1.165, 1.54) is 11.1 Å². The van der Waals surface area contributed by atoms with Crippen molar-refractivity contribution >= 4 is 5.91 Å². The van der Waals surface area contributed by atoms with Crippen molar-refractivity contribution in [2.75, 3.05) is 13.1 Å². The van der Waals surface area contributed by atoms with E-state index in [1.54, 1.807) is 6.20 Å².